The first-order valence-electron chi connectivity index (χ1n) is 2.75. The molecule has 0 aliphatic rings. The van der Waals surface area contributed by atoms with Crippen molar-refractivity contribution in [1.29, 1.82) is 0 Å². The summed E-state index contributed by atoms with van der Waals surface area (Å²) in [5.41, 5.74) is 0. The van der Waals surface area contributed by atoms with Crippen LogP contribution in [0.4, 0.5) is 0 Å². The van der Waals surface area contributed by atoms with Crippen molar-refractivity contribution in [2.45, 2.75) is 19.2 Å². The molecule has 3 heteroatoms. The molecule has 0 amide bonds. The van der Waals surface area contributed by atoms with Crippen LogP contribution in [0.3, 0.4) is 0 Å². The first-order valence-corrected chi connectivity index (χ1v) is 2.75. The highest BCUT2D eigenvalue weighted by molar-refractivity contribution is 4.63. The molecule has 0 fully saturated rings. The largest absolute Gasteiger partial charge is 0.390 e. The standard InChI is InChI=1S/C5H14N2O/c1-4(8)5(6-2)7-3/h4-8H,1-3H3/t4-/m0/s1. The van der Waals surface area contributed by atoms with Crippen LogP contribution in [0.2, 0.25) is 0 Å². The summed E-state index contributed by atoms with van der Waals surface area (Å²) >= 11 is 0. The van der Waals surface area contributed by atoms with Crippen LogP contribution in [0, 0.1) is 0 Å². The molecule has 0 aromatic rings. The normalized spacial score (nSPS) is 14.6. The van der Waals surface area contributed by atoms with E-state index in [1.54, 1.807) is 21.0 Å². The van der Waals surface area contributed by atoms with E-state index in [-0.39, 0.29) is 12.3 Å². The second kappa shape index (κ2) is 3.83. The molecule has 3 nitrogen and oxygen atoms in total. The van der Waals surface area contributed by atoms with E-state index >= 15 is 0 Å². The van der Waals surface area contributed by atoms with Gasteiger partial charge in [0.2, 0.25) is 0 Å². The van der Waals surface area contributed by atoms with Gasteiger partial charge in [-0.15, -0.1) is 0 Å². The topological polar surface area (TPSA) is 44.3 Å². The highest BCUT2D eigenvalue weighted by atomic mass is 16.3. The SMILES string of the molecule is CNC(NC)[C@H](C)O. The lowest BCUT2D eigenvalue weighted by molar-refractivity contribution is 0.136. The van der Waals surface area contributed by atoms with Gasteiger partial charge in [0.05, 0.1) is 12.3 Å². The van der Waals surface area contributed by atoms with Gasteiger partial charge in [-0.1, -0.05) is 0 Å². The zero-order valence-corrected chi connectivity index (χ0v) is 5.60. The quantitative estimate of drug-likeness (QED) is 0.422. The molecule has 0 heterocycles. The molecular weight excluding hydrogens is 104 g/mol. The molecule has 0 aliphatic heterocycles. The molecule has 0 aliphatic carbocycles. The molecule has 1 atom stereocenters. The number of aliphatic hydroxyl groups is 1. The lowest BCUT2D eigenvalue weighted by atomic mass is 10.3. The number of hydrogen-bond donors (Lipinski definition) is 3. The molecule has 0 aromatic heterocycles. The fourth-order valence-corrected chi connectivity index (χ4v) is 0.627. The minimum absolute atomic E-state index is 0.00926. The zero-order valence-electron chi connectivity index (χ0n) is 5.60. The molecule has 0 aromatic carbocycles. The molecule has 0 unspecified atom stereocenters. The van der Waals surface area contributed by atoms with Crippen LogP contribution in [0.15, 0.2) is 0 Å². The van der Waals surface area contributed by atoms with Crippen molar-refractivity contribution in [2.24, 2.45) is 0 Å². The minimum atomic E-state index is -0.343. The van der Waals surface area contributed by atoms with Gasteiger partial charge in [-0.2, -0.15) is 0 Å². The molecule has 0 spiro atoms. The lowest BCUT2D eigenvalue weighted by Crippen LogP contribution is -2.45. The van der Waals surface area contributed by atoms with Crippen molar-refractivity contribution in [3.63, 3.8) is 0 Å². The number of aliphatic hydroxyl groups excluding tert-OH is 1. The van der Waals surface area contributed by atoms with E-state index < -0.39 is 0 Å². The third-order valence-electron chi connectivity index (χ3n) is 1.10. The maximum Gasteiger partial charge on any atom is 0.0831 e. The van der Waals surface area contributed by atoms with Gasteiger partial charge >= 0.3 is 0 Å². The predicted octanol–water partition coefficient (Wildman–Crippen LogP) is -0.868. The Labute approximate surface area is 50.1 Å². The van der Waals surface area contributed by atoms with E-state index in [0.29, 0.717) is 0 Å². The average Bonchev–Trinajstić information content (AvgIpc) is 1.69. The fraction of sp³-hybridized carbons (Fsp3) is 1.00. The molecule has 50 valence electrons. The van der Waals surface area contributed by atoms with Gasteiger partial charge in [0.15, 0.2) is 0 Å². The van der Waals surface area contributed by atoms with E-state index in [9.17, 15) is 0 Å². The summed E-state index contributed by atoms with van der Waals surface area (Å²) < 4.78 is 0. The molecule has 0 radical (unpaired) electrons. The summed E-state index contributed by atoms with van der Waals surface area (Å²) in [6.45, 7) is 1.73. The molecule has 8 heavy (non-hydrogen) atoms. The molecular formula is C5H14N2O. The van der Waals surface area contributed by atoms with Gasteiger partial charge in [-0.3, -0.25) is 0 Å². The van der Waals surface area contributed by atoms with Crippen molar-refractivity contribution in [3.05, 3.63) is 0 Å². The van der Waals surface area contributed by atoms with Crippen LogP contribution in [0.1, 0.15) is 6.92 Å². The summed E-state index contributed by atoms with van der Waals surface area (Å²) in [4.78, 5) is 0. The number of hydrogen-bond acceptors (Lipinski definition) is 3. The maximum absolute atomic E-state index is 8.89. The van der Waals surface area contributed by atoms with Gasteiger partial charge in [0.25, 0.3) is 0 Å². The zero-order chi connectivity index (χ0) is 6.57. The monoisotopic (exact) mass is 118 g/mol. The Morgan fingerprint density at radius 1 is 1.25 bits per heavy atom. The summed E-state index contributed by atoms with van der Waals surface area (Å²) in [5.74, 6) is 0. The second-order valence-corrected chi connectivity index (χ2v) is 1.80. The smallest absolute Gasteiger partial charge is 0.0831 e. The van der Waals surface area contributed by atoms with Crippen LogP contribution in [0.5, 0.6) is 0 Å². The Balaban J connectivity index is 3.35. The summed E-state index contributed by atoms with van der Waals surface area (Å²) in [7, 11) is 3.60. The van der Waals surface area contributed by atoms with Gasteiger partial charge in [-0.25, -0.2) is 0 Å². The van der Waals surface area contributed by atoms with Gasteiger partial charge in [0, 0.05) is 0 Å². The lowest BCUT2D eigenvalue weighted by Gasteiger charge is -2.17. The van der Waals surface area contributed by atoms with Crippen molar-refractivity contribution < 1.29 is 5.11 Å². The Kier molecular flexibility index (Phi) is 3.77. The maximum atomic E-state index is 8.89. The first kappa shape index (κ1) is 7.88. The fourth-order valence-electron chi connectivity index (χ4n) is 0.627. The van der Waals surface area contributed by atoms with Crippen LogP contribution in [-0.2, 0) is 0 Å². The molecule has 0 saturated carbocycles. The first-order chi connectivity index (χ1) is 3.72. The van der Waals surface area contributed by atoms with Gasteiger partial charge in [-0.05, 0) is 21.0 Å². The Morgan fingerprint density at radius 2 is 1.62 bits per heavy atom. The molecule has 0 rings (SSSR count). The van der Waals surface area contributed by atoms with E-state index in [1.807, 2.05) is 0 Å². The Hall–Kier alpha value is -0.120. The summed E-state index contributed by atoms with van der Waals surface area (Å²) in [6.07, 6.45) is -0.333. The van der Waals surface area contributed by atoms with E-state index in [4.69, 9.17) is 5.11 Å². The van der Waals surface area contributed by atoms with E-state index in [2.05, 4.69) is 10.6 Å². The minimum Gasteiger partial charge on any atom is -0.390 e. The van der Waals surface area contributed by atoms with Crippen LogP contribution in [-0.4, -0.2) is 31.5 Å². The Morgan fingerprint density at radius 3 is 1.62 bits per heavy atom. The summed E-state index contributed by atoms with van der Waals surface area (Å²) in [5, 5.41) is 14.7. The average molecular weight is 118 g/mol. The van der Waals surface area contributed by atoms with Crippen molar-refractivity contribution in [1.82, 2.24) is 10.6 Å². The highest BCUT2D eigenvalue weighted by Gasteiger charge is 2.06. The molecule has 0 saturated heterocycles. The van der Waals surface area contributed by atoms with Gasteiger partial charge in [0.1, 0.15) is 0 Å². The molecule has 0 bridgehead atoms. The highest BCUT2D eigenvalue weighted by Crippen LogP contribution is 1.83. The molecule has 3 N–H and O–H groups in total. The van der Waals surface area contributed by atoms with Crippen molar-refractivity contribution in [3.8, 4) is 0 Å². The second-order valence-electron chi connectivity index (χ2n) is 1.80. The number of nitrogens with one attached hydrogen (secondary N) is 2. The van der Waals surface area contributed by atoms with Crippen LogP contribution < -0.4 is 10.6 Å². The van der Waals surface area contributed by atoms with Crippen LogP contribution in [0.25, 0.3) is 0 Å². The number of likely N-dealkylation sites (N-methyl/N-ethyl adjacent to an activating group) is 2. The number of rotatable bonds is 3. The van der Waals surface area contributed by atoms with E-state index in [0.717, 1.165) is 0 Å². The van der Waals surface area contributed by atoms with Crippen molar-refractivity contribution >= 4 is 0 Å². The summed E-state index contributed by atoms with van der Waals surface area (Å²) in [6, 6.07) is 0. The van der Waals surface area contributed by atoms with Crippen LogP contribution >= 0.6 is 0 Å². The van der Waals surface area contributed by atoms with E-state index in [1.165, 1.54) is 0 Å². The third-order valence-corrected chi connectivity index (χ3v) is 1.10. The predicted molar refractivity (Wildman–Crippen MR) is 33.6 cm³/mol. The van der Waals surface area contributed by atoms with Crippen molar-refractivity contribution in [2.75, 3.05) is 14.1 Å². The Bertz CT molecular complexity index is 52.4. The van der Waals surface area contributed by atoms with Gasteiger partial charge < -0.3 is 15.7 Å². The third kappa shape index (κ3) is 2.26.